The number of nitrogens with zero attached hydrogens (tertiary/aromatic N) is 2. The van der Waals surface area contributed by atoms with Gasteiger partial charge in [0.25, 0.3) is 0 Å². The molecule has 1 heterocycles. The average molecular weight is 174 g/mol. The van der Waals surface area contributed by atoms with E-state index < -0.39 is 0 Å². The molecule has 0 aliphatic carbocycles. The van der Waals surface area contributed by atoms with Gasteiger partial charge in [0.05, 0.1) is 17.8 Å². The summed E-state index contributed by atoms with van der Waals surface area (Å²) in [6.45, 7) is 2.94. The van der Waals surface area contributed by atoms with Gasteiger partial charge >= 0.3 is 0 Å². The summed E-state index contributed by atoms with van der Waals surface area (Å²) in [5.74, 6) is 0. The first-order chi connectivity index (χ1) is 5.22. The lowest BCUT2D eigenvalue weighted by Gasteiger charge is -2.08. The Morgan fingerprint density at radius 2 is 2.55 bits per heavy atom. The van der Waals surface area contributed by atoms with E-state index in [0.717, 1.165) is 6.54 Å². The van der Waals surface area contributed by atoms with Crippen molar-refractivity contribution in [2.75, 3.05) is 7.05 Å². The SMILES string of the molecule is CNC(C)Cn1cc(Cl)cn1. The van der Waals surface area contributed by atoms with Gasteiger partial charge in [-0.1, -0.05) is 11.6 Å². The maximum absolute atomic E-state index is 5.68. The van der Waals surface area contributed by atoms with E-state index in [2.05, 4.69) is 17.3 Å². The smallest absolute Gasteiger partial charge is 0.0785 e. The van der Waals surface area contributed by atoms with E-state index in [4.69, 9.17) is 11.6 Å². The van der Waals surface area contributed by atoms with Crippen molar-refractivity contribution in [3.8, 4) is 0 Å². The number of hydrogen-bond donors (Lipinski definition) is 1. The maximum atomic E-state index is 5.68. The summed E-state index contributed by atoms with van der Waals surface area (Å²) in [6.07, 6.45) is 3.46. The predicted octanol–water partition coefficient (Wildman–Crippen LogP) is 1.14. The first-order valence-corrected chi connectivity index (χ1v) is 3.95. The van der Waals surface area contributed by atoms with E-state index in [9.17, 15) is 0 Å². The first kappa shape index (κ1) is 8.56. The highest BCUT2D eigenvalue weighted by Gasteiger charge is 2.00. The van der Waals surface area contributed by atoms with Gasteiger partial charge in [0.2, 0.25) is 0 Å². The molecule has 0 fully saturated rings. The van der Waals surface area contributed by atoms with E-state index in [1.165, 1.54) is 0 Å². The molecule has 1 unspecified atom stereocenters. The maximum Gasteiger partial charge on any atom is 0.0785 e. The second-order valence-electron chi connectivity index (χ2n) is 2.57. The van der Waals surface area contributed by atoms with Crippen LogP contribution in [0.3, 0.4) is 0 Å². The highest BCUT2D eigenvalue weighted by molar-refractivity contribution is 6.30. The molecule has 0 aliphatic rings. The normalized spacial score (nSPS) is 13.4. The molecule has 1 rings (SSSR count). The van der Waals surface area contributed by atoms with Gasteiger partial charge in [0.1, 0.15) is 0 Å². The minimum absolute atomic E-state index is 0.422. The molecule has 1 aromatic rings. The lowest BCUT2D eigenvalue weighted by Crippen LogP contribution is -2.26. The quantitative estimate of drug-likeness (QED) is 0.743. The molecule has 0 bridgehead atoms. The second kappa shape index (κ2) is 3.74. The molecule has 62 valence electrons. The van der Waals surface area contributed by atoms with Gasteiger partial charge in [0.15, 0.2) is 0 Å². The number of halogens is 1. The van der Waals surface area contributed by atoms with E-state index in [0.29, 0.717) is 11.1 Å². The molecule has 0 radical (unpaired) electrons. The van der Waals surface area contributed by atoms with Crippen LogP contribution in [0.4, 0.5) is 0 Å². The van der Waals surface area contributed by atoms with Crippen LogP contribution in [-0.2, 0) is 6.54 Å². The van der Waals surface area contributed by atoms with Crippen molar-refractivity contribution in [1.82, 2.24) is 15.1 Å². The largest absolute Gasteiger partial charge is 0.315 e. The topological polar surface area (TPSA) is 29.9 Å². The van der Waals surface area contributed by atoms with Crippen molar-refractivity contribution in [3.05, 3.63) is 17.4 Å². The van der Waals surface area contributed by atoms with Crippen LogP contribution < -0.4 is 5.32 Å². The van der Waals surface area contributed by atoms with Crippen LogP contribution in [0.5, 0.6) is 0 Å². The van der Waals surface area contributed by atoms with Crippen molar-refractivity contribution in [2.24, 2.45) is 0 Å². The van der Waals surface area contributed by atoms with Crippen LogP contribution in [0, 0.1) is 0 Å². The third kappa shape index (κ3) is 2.52. The van der Waals surface area contributed by atoms with E-state index in [1.54, 1.807) is 6.20 Å². The third-order valence-electron chi connectivity index (χ3n) is 1.56. The molecule has 0 spiro atoms. The third-order valence-corrected chi connectivity index (χ3v) is 1.75. The number of hydrogen-bond acceptors (Lipinski definition) is 2. The fourth-order valence-corrected chi connectivity index (χ4v) is 0.966. The highest BCUT2D eigenvalue weighted by atomic mass is 35.5. The minimum atomic E-state index is 0.422. The number of likely N-dealkylation sites (N-methyl/N-ethyl adjacent to an activating group) is 1. The molecule has 1 aromatic heterocycles. The van der Waals surface area contributed by atoms with Crippen LogP contribution in [0.2, 0.25) is 5.02 Å². The molecule has 0 saturated heterocycles. The Balaban J connectivity index is 2.50. The lowest BCUT2D eigenvalue weighted by atomic mass is 10.3. The fraction of sp³-hybridized carbons (Fsp3) is 0.571. The molecular weight excluding hydrogens is 162 g/mol. The Kier molecular flexibility index (Phi) is 2.91. The molecule has 0 aliphatic heterocycles. The van der Waals surface area contributed by atoms with Crippen LogP contribution in [0.15, 0.2) is 12.4 Å². The summed E-state index contributed by atoms with van der Waals surface area (Å²) in [7, 11) is 1.93. The molecule has 0 saturated carbocycles. The standard InChI is InChI=1S/C7H12ClN3/c1-6(9-2)4-11-5-7(8)3-10-11/h3,5-6,9H,4H2,1-2H3. The van der Waals surface area contributed by atoms with Gasteiger partial charge < -0.3 is 5.32 Å². The van der Waals surface area contributed by atoms with Gasteiger partial charge in [0, 0.05) is 12.2 Å². The van der Waals surface area contributed by atoms with E-state index in [-0.39, 0.29) is 0 Å². The van der Waals surface area contributed by atoms with Crippen LogP contribution >= 0.6 is 11.6 Å². The molecule has 1 atom stereocenters. The Hall–Kier alpha value is -0.540. The van der Waals surface area contributed by atoms with Crippen molar-refractivity contribution < 1.29 is 0 Å². The van der Waals surface area contributed by atoms with Crippen LogP contribution in [-0.4, -0.2) is 22.9 Å². The zero-order chi connectivity index (χ0) is 8.27. The minimum Gasteiger partial charge on any atom is -0.315 e. The number of aromatic nitrogens is 2. The van der Waals surface area contributed by atoms with Gasteiger partial charge in [-0.2, -0.15) is 5.10 Å². The van der Waals surface area contributed by atoms with Crippen LogP contribution in [0.25, 0.3) is 0 Å². The molecular formula is C7H12ClN3. The zero-order valence-corrected chi connectivity index (χ0v) is 7.47. The molecule has 1 N–H and O–H groups in total. The average Bonchev–Trinajstić information content (AvgIpc) is 2.35. The summed E-state index contributed by atoms with van der Waals surface area (Å²) in [4.78, 5) is 0. The molecule has 0 aromatic carbocycles. The van der Waals surface area contributed by atoms with Crippen LogP contribution in [0.1, 0.15) is 6.92 Å². The van der Waals surface area contributed by atoms with E-state index >= 15 is 0 Å². The van der Waals surface area contributed by atoms with Gasteiger partial charge in [-0.3, -0.25) is 4.68 Å². The lowest BCUT2D eigenvalue weighted by molar-refractivity contribution is 0.481. The summed E-state index contributed by atoms with van der Waals surface area (Å²) in [6, 6.07) is 0.422. The van der Waals surface area contributed by atoms with Crippen molar-refractivity contribution in [1.29, 1.82) is 0 Å². The monoisotopic (exact) mass is 173 g/mol. The molecule has 3 nitrogen and oxygen atoms in total. The summed E-state index contributed by atoms with van der Waals surface area (Å²) in [5.41, 5.74) is 0. The number of rotatable bonds is 3. The van der Waals surface area contributed by atoms with E-state index in [1.807, 2.05) is 17.9 Å². The van der Waals surface area contributed by atoms with Crippen molar-refractivity contribution in [2.45, 2.75) is 19.5 Å². The predicted molar refractivity (Wildman–Crippen MR) is 45.8 cm³/mol. The number of nitrogens with one attached hydrogen (secondary N) is 1. The second-order valence-corrected chi connectivity index (χ2v) is 3.01. The zero-order valence-electron chi connectivity index (χ0n) is 6.71. The van der Waals surface area contributed by atoms with Crippen molar-refractivity contribution >= 4 is 11.6 Å². The Morgan fingerprint density at radius 3 is 3.00 bits per heavy atom. The molecule has 11 heavy (non-hydrogen) atoms. The first-order valence-electron chi connectivity index (χ1n) is 3.57. The Labute approximate surface area is 71.4 Å². The van der Waals surface area contributed by atoms with Gasteiger partial charge in [-0.25, -0.2) is 0 Å². The van der Waals surface area contributed by atoms with Crippen molar-refractivity contribution in [3.63, 3.8) is 0 Å². The summed E-state index contributed by atoms with van der Waals surface area (Å²) >= 11 is 5.68. The summed E-state index contributed by atoms with van der Waals surface area (Å²) < 4.78 is 1.82. The summed E-state index contributed by atoms with van der Waals surface area (Å²) in [5, 5.41) is 7.86. The molecule has 0 amide bonds. The fourth-order valence-electron chi connectivity index (χ4n) is 0.810. The molecule has 4 heteroatoms. The van der Waals surface area contributed by atoms with Gasteiger partial charge in [-0.05, 0) is 14.0 Å². The van der Waals surface area contributed by atoms with Gasteiger partial charge in [-0.15, -0.1) is 0 Å². The Bertz CT molecular complexity index is 221. The Morgan fingerprint density at radius 1 is 1.82 bits per heavy atom. The highest BCUT2D eigenvalue weighted by Crippen LogP contribution is 2.04.